The summed E-state index contributed by atoms with van der Waals surface area (Å²) in [6.45, 7) is 0. The van der Waals surface area contributed by atoms with Gasteiger partial charge in [-0.05, 0) is 49.3 Å². The molecule has 0 amide bonds. The molecule has 0 unspecified atom stereocenters. The number of hydrogen-bond donors (Lipinski definition) is 1. The third kappa shape index (κ3) is 2.74. The Morgan fingerprint density at radius 3 is 2.75 bits per heavy atom. The molecule has 1 aromatic carbocycles. The van der Waals surface area contributed by atoms with Crippen molar-refractivity contribution in [1.29, 1.82) is 0 Å². The van der Waals surface area contributed by atoms with E-state index >= 15 is 0 Å². The van der Waals surface area contributed by atoms with Crippen LogP contribution in [0, 0.1) is 0 Å². The average Bonchev–Trinajstić information content (AvgIpc) is 3.25. The topological polar surface area (TPSA) is 50.9 Å². The fraction of sp³-hybridized carbons (Fsp3) is 0.562. The summed E-state index contributed by atoms with van der Waals surface area (Å²) in [6, 6.07) is 9.36. The fourth-order valence-corrected chi connectivity index (χ4v) is 2.79. The van der Waals surface area contributed by atoms with Gasteiger partial charge in [0.1, 0.15) is 5.75 Å². The lowest BCUT2D eigenvalue weighted by atomic mass is 9.76. The predicted octanol–water partition coefficient (Wildman–Crippen LogP) is 2.35. The molecule has 20 heavy (non-hydrogen) atoms. The third-order valence-corrected chi connectivity index (χ3v) is 4.45. The van der Waals surface area contributed by atoms with Gasteiger partial charge in [-0.15, -0.1) is 0 Å². The van der Waals surface area contributed by atoms with Crippen LogP contribution in [0.15, 0.2) is 29.3 Å². The van der Waals surface area contributed by atoms with Crippen molar-refractivity contribution in [2.45, 2.75) is 43.7 Å². The second-order valence-corrected chi connectivity index (χ2v) is 5.93. The molecule has 2 aliphatic rings. The van der Waals surface area contributed by atoms with Crippen molar-refractivity contribution >= 4 is 5.96 Å². The maximum Gasteiger partial charge on any atom is 0.191 e. The normalized spacial score (nSPS) is 26.0. The number of benzene rings is 1. The van der Waals surface area contributed by atoms with Crippen LogP contribution >= 0.6 is 0 Å². The molecule has 0 bridgehead atoms. The van der Waals surface area contributed by atoms with E-state index in [1.54, 1.807) is 7.11 Å². The minimum atomic E-state index is 0.382. The van der Waals surface area contributed by atoms with Crippen LogP contribution in [0.25, 0.3) is 0 Å². The molecule has 4 nitrogen and oxygen atoms in total. The Kier molecular flexibility index (Phi) is 3.55. The summed E-state index contributed by atoms with van der Waals surface area (Å²) in [7, 11) is 3.76. The van der Waals surface area contributed by atoms with Crippen molar-refractivity contribution in [3.05, 3.63) is 29.8 Å². The molecular weight excluding hydrogens is 250 g/mol. The zero-order chi connectivity index (χ0) is 14.1. The summed E-state index contributed by atoms with van der Waals surface area (Å²) in [5.74, 6) is 2.24. The standard InChI is InChI=1S/C16H23N3O/c1-19(14-6-7-14)16(17)18-13-8-12(9-13)11-4-3-5-15(10-11)20-2/h3-5,10,12-14H,6-9H2,1-2H3,(H2,17,18). The number of aliphatic imine (C=N–C) groups is 1. The lowest BCUT2D eigenvalue weighted by Crippen LogP contribution is -2.38. The number of ether oxygens (including phenoxy) is 1. The van der Waals surface area contributed by atoms with Crippen LogP contribution in [0.4, 0.5) is 0 Å². The van der Waals surface area contributed by atoms with E-state index in [0.717, 1.165) is 18.6 Å². The number of nitrogens with zero attached hydrogens (tertiary/aromatic N) is 2. The lowest BCUT2D eigenvalue weighted by Gasteiger charge is -2.34. The van der Waals surface area contributed by atoms with Gasteiger partial charge in [0.05, 0.1) is 13.2 Å². The van der Waals surface area contributed by atoms with E-state index in [4.69, 9.17) is 10.5 Å². The SMILES string of the molecule is COc1cccc(C2CC(N=C(N)N(C)C3CC3)C2)c1. The monoisotopic (exact) mass is 273 g/mol. The van der Waals surface area contributed by atoms with Crippen LogP contribution in [0.5, 0.6) is 5.75 Å². The van der Waals surface area contributed by atoms with Crippen molar-refractivity contribution in [2.24, 2.45) is 10.7 Å². The summed E-state index contributed by atoms with van der Waals surface area (Å²) >= 11 is 0. The average molecular weight is 273 g/mol. The van der Waals surface area contributed by atoms with E-state index in [0.29, 0.717) is 24.0 Å². The highest BCUT2D eigenvalue weighted by molar-refractivity contribution is 5.78. The fourth-order valence-electron chi connectivity index (χ4n) is 2.79. The first-order valence-electron chi connectivity index (χ1n) is 7.37. The van der Waals surface area contributed by atoms with Gasteiger partial charge >= 0.3 is 0 Å². The Hall–Kier alpha value is -1.71. The maximum absolute atomic E-state index is 6.05. The van der Waals surface area contributed by atoms with Gasteiger partial charge in [0.25, 0.3) is 0 Å². The molecule has 1 aromatic rings. The highest BCUT2D eigenvalue weighted by Gasteiger charge is 2.32. The smallest absolute Gasteiger partial charge is 0.191 e. The van der Waals surface area contributed by atoms with E-state index in [1.165, 1.54) is 18.4 Å². The summed E-state index contributed by atoms with van der Waals surface area (Å²) in [5.41, 5.74) is 7.41. The molecule has 0 aromatic heterocycles. The van der Waals surface area contributed by atoms with E-state index in [2.05, 4.69) is 35.1 Å². The molecular formula is C16H23N3O. The van der Waals surface area contributed by atoms with Crippen LogP contribution in [-0.2, 0) is 0 Å². The second kappa shape index (κ2) is 5.35. The van der Waals surface area contributed by atoms with Gasteiger partial charge in [-0.3, -0.25) is 0 Å². The van der Waals surface area contributed by atoms with Crippen LogP contribution in [-0.4, -0.2) is 37.1 Å². The molecule has 2 N–H and O–H groups in total. The second-order valence-electron chi connectivity index (χ2n) is 5.93. The maximum atomic E-state index is 6.05. The van der Waals surface area contributed by atoms with E-state index in [1.807, 2.05) is 6.07 Å². The third-order valence-electron chi connectivity index (χ3n) is 4.45. The van der Waals surface area contributed by atoms with Crippen LogP contribution in [0.3, 0.4) is 0 Å². The lowest BCUT2D eigenvalue weighted by molar-refractivity contribution is 0.345. The Morgan fingerprint density at radius 2 is 2.10 bits per heavy atom. The number of guanidine groups is 1. The van der Waals surface area contributed by atoms with Gasteiger partial charge in [-0.1, -0.05) is 12.1 Å². The summed E-state index contributed by atoms with van der Waals surface area (Å²) in [4.78, 5) is 6.77. The molecule has 0 aliphatic heterocycles. The first-order chi connectivity index (χ1) is 9.67. The predicted molar refractivity (Wildman–Crippen MR) is 81.2 cm³/mol. The molecule has 2 saturated carbocycles. The first-order valence-corrected chi connectivity index (χ1v) is 7.37. The Morgan fingerprint density at radius 1 is 1.35 bits per heavy atom. The Labute approximate surface area is 120 Å². The van der Waals surface area contributed by atoms with Crippen LogP contribution in [0.2, 0.25) is 0 Å². The zero-order valence-corrected chi connectivity index (χ0v) is 12.2. The largest absolute Gasteiger partial charge is 0.497 e. The van der Waals surface area contributed by atoms with Gasteiger partial charge in [-0.2, -0.15) is 0 Å². The molecule has 0 heterocycles. The zero-order valence-electron chi connectivity index (χ0n) is 12.2. The highest BCUT2D eigenvalue weighted by Crippen LogP contribution is 2.40. The quantitative estimate of drug-likeness (QED) is 0.677. The van der Waals surface area contributed by atoms with Gasteiger partial charge in [-0.25, -0.2) is 4.99 Å². The van der Waals surface area contributed by atoms with Crippen LogP contribution in [0.1, 0.15) is 37.2 Å². The van der Waals surface area contributed by atoms with Crippen molar-refractivity contribution < 1.29 is 4.74 Å². The number of nitrogens with two attached hydrogens (primary N) is 1. The molecule has 2 aliphatic carbocycles. The number of methoxy groups -OCH3 is 1. The molecule has 0 atom stereocenters. The summed E-state index contributed by atoms with van der Waals surface area (Å²) in [5, 5.41) is 0. The Balaban J connectivity index is 1.56. The van der Waals surface area contributed by atoms with Crippen molar-refractivity contribution in [1.82, 2.24) is 4.90 Å². The molecule has 3 rings (SSSR count). The summed E-state index contributed by atoms with van der Waals surface area (Å²) < 4.78 is 5.28. The number of hydrogen-bond acceptors (Lipinski definition) is 2. The Bertz CT molecular complexity index is 504. The van der Waals surface area contributed by atoms with Crippen molar-refractivity contribution in [3.8, 4) is 5.75 Å². The number of rotatable bonds is 4. The molecule has 4 heteroatoms. The van der Waals surface area contributed by atoms with E-state index in [9.17, 15) is 0 Å². The van der Waals surface area contributed by atoms with Gasteiger partial charge in [0, 0.05) is 13.1 Å². The molecule has 2 fully saturated rings. The molecule has 0 spiro atoms. The van der Waals surface area contributed by atoms with Crippen molar-refractivity contribution in [3.63, 3.8) is 0 Å². The molecule has 0 radical (unpaired) electrons. The molecule has 108 valence electrons. The van der Waals surface area contributed by atoms with Gasteiger partial charge < -0.3 is 15.4 Å². The van der Waals surface area contributed by atoms with Gasteiger partial charge in [0.2, 0.25) is 0 Å². The van der Waals surface area contributed by atoms with E-state index < -0.39 is 0 Å². The van der Waals surface area contributed by atoms with Crippen molar-refractivity contribution in [2.75, 3.05) is 14.2 Å². The highest BCUT2D eigenvalue weighted by atomic mass is 16.5. The minimum absolute atomic E-state index is 0.382. The minimum Gasteiger partial charge on any atom is -0.497 e. The summed E-state index contributed by atoms with van der Waals surface area (Å²) in [6.07, 6.45) is 4.69. The van der Waals surface area contributed by atoms with Crippen LogP contribution < -0.4 is 10.5 Å². The van der Waals surface area contributed by atoms with Gasteiger partial charge in [0.15, 0.2) is 5.96 Å². The first kappa shape index (κ1) is 13.3. The van der Waals surface area contributed by atoms with E-state index in [-0.39, 0.29) is 0 Å². The molecule has 0 saturated heterocycles.